The largest absolute Gasteiger partial charge is 0.456 e. The molecule has 0 radical (unpaired) electrons. The van der Waals surface area contributed by atoms with Crippen LogP contribution in [0, 0.1) is 0 Å². The lowest BCUT2D eigenvalue weighted by Crippen LogP contribution is -2.00. The molecule has 0 saturated heterocycles. The van der Waals surface area contributed by atoms with E-state index in [-0.39, 0.29) is 0 Å². The van der Waals surface area contributed by atoms with Gasteiger partial charge >= 0.3 is 0 Å². The molecular formula is C51H31N3O2. The second kappa shape index (κ2) is 13.0. The molecule has 11 rings (SSSR count). The first-order chi connectivity index (χ1) is 27.7. The fourth-order valence-electron chi connectivity index (χ4n) is 7.66. The number of hydrogen-bond acceptors (Lipinski definition) is 5. The lowest BCUT2D eigenvalue weighted by molar-refractivity contribution is 0.664. The van der Waals surface area contributed by atoms with Gasteiger partial charge in [-0.05, 0) is 69.8 Å². The highest BCUT2D eigenvalue weighted by atomic mass is 16.3. The number of benzene rings is 8. The monoisotopic (exact) mass is 717 g/mol. The molecule has 0 aliphatic heterocycles. The molecule has 3 heterocycles. The van der Waals surface area contributed by atoms with E-state index in [0.717, 1.165) is 88.4 Å². The molecule has 5 heteroatoms. The smallest absolute Gasteiger partial charge is 0.164 e. The van der Waals surface area contributed by atoms with E-state index in [1.807, 2.05) is 54.6 Å². The zero-order valence-electron chi connectivity index (χ0n) is 30.1. The Morgan fingerprint density at radius 1 is 0.232 bits per heavy atom. The van der Waals surface area contributed by atoms with Crippen LogP contribution in [-0.4, -0.2) is 15.0 Å². The molecule has 8 aromatic carbocycles. The summed E-state index contributed by atoms with van der Waals surface area (Å²) in [6.07, 6.45) is 0. The van der Waals surface area contributed by atoms with Crippen LogP contribution in [0.1, 0.15) is 0 Å². The molecule has 0 aliphatic carbocycles. The topological polar surface area (TPSA) is 65.0 Å². The van der Waals surface area contributed by atoms with E-state index in [1.54, 1.807) is 0 Å². The Balaban J connectivity index is 0.926. The number of fused-ring (bicyclic) bond motifs is 6. The first kappa shape index (κ1) is 31.9. The maximum Gasteiger partial charge on any atom is 0.164 e. The van der Waals surface area contributed by atoms with Crippen LogP contribution in [0.25, 0.3) is 111 Å². The first-order valence-corrected chi connectivity index (χ1v) is 18.7. The van der Waals surface area contributed by atoms with E-state index in [4.69, 9.17) is 23.8 Å². The fraction of sp³-hybridized carbons (Fsp3) is 0. The van der Waals surface area contributed by atoms with Gasteiger partial charge in [0.25, 0.3) is 0 Å². The highest BCUT2D eigenvalue weighted by Gasteiger charge is 2.16. The standard InChI is InChI=1S/C51H31N3O2/c1-3-10-32(11-4-1)33-22-24-37(25-23-33)50-52-49(36-12-5-2-6-13-36)53-51(54-50)40-15-9-14-38(28-40)34-18-20-35(21-19-34)39-26-27-46-42(29-39)44-31-47-43(30-48(44)56-46)41-16-7-8-17-45(41)55-47/h1-31H. The zero-order chi connectivity index (χ0) is 37.0. The molecule has 0 unspecified atom stereocenters. The van der Waals surface area contributed by atoms with Crippen LogP contribution in [0.3, 0.4) is 0 Å². The van der Waals surface area contributed by atoms with Crippen molar-refractivity contribution < 1.29 is 8.83 Å². The van der Waals surface area contributed by atoms with Crippen molar-refractivity contribution in [1.29, 1.82) is 0 Å². The number of hydrogen-bond donors (Lipinski definition) is 0. The lowest BCUT2D eigenvalue weighted by atomic mass is 9.98. The molecule has 0 spiro atoms. The van der Waals surface area contributed by atoms with E-state index in [9.17, 15) is 0 Å². The van der Waals surface area contributed by atoms with Gasteiger partial charge in [-0.1, -0.05) is 152 Å². The highest BCUT2D eigenvalue weighted by Crippen LogP contribution is 2.38. The summed E-state index contributed by atoms with van der Waals surface area (Å²) in [5.74, 6) is 1.89. The Morgan fingerprint density at radius 3 is 1.29 bits per heavy atom. The van der Waals surface area contributed by atoms with Gasteiger partial charge in [0.15, 0.2) is 17.5 Å². The average molecular weight is 718 g/mol. The molecule has 0 N–H and O–H groups in total. The zero-order valence-corrected chi connectivity index (χ0v) is 30.1. The average Bonchev–Trinajstić information content (AvgIpc) is 3.83. The Morgan fingerprint density at radius 2 is 0.625 bits per heavy atom. The van der Waals surface area contributed by atoms with Gasteiger partial charge < -0.3 is 8.83 Å². The Kier molecular flexibility index (Phi) is 7.42. The van der Waals surface area contributed by atoms with Gasteiger partial charge in [-0.3, -0.25) is 0 Å². The van der Waals surface area contributed by atoms with E-state index in [0.29, 0.717) is 17.5 Å². The van der Waals surface area contributed by atoms with Gasteiger partial charge in [0.05, 0.1) is 0 Å². The van der Waals surface area contributed by atoms with Gasteiger partial charge in [0.2, 0.25) is 0 Å². The summed E-state index contributed by atoms with van der Waals surface area (Å²) in [6, 6.07) is 64.7. The van der Waals surface area contributed by atoms with Crippen LogP contribution in [0.4, 0.5) is 0 Å². The van der Waals surface area contributed by atoms with Crippen molar-refractivity contribution in [3.8, 4) is 67.5 Å². The number of rotatable bonds is 6. The van der Waals surface area contributed by atoms with E-state index >= 15 is 0 Å². The molecule has 262 valence electrons. The molecular weight excluding hydrogens is 687 g/mol. The second-order valence-electron chi connectivity index (χ2n) is 14.0. The van der Waals surface area contributed by atoms with E-state index in [1.165, 1.54) is 5.56 Å². The predicted molar refractivity (Wildman–Crippen MR) is 227 cm³/mol. The molecule has 0 bridgehead atoms. The van der Waals surface area contributed by atoms with Crippen LogP contribution >= 0.6 is 0 Å². The van der Waals surface area contributed by atoms with Crippen LogP contribution in [0.5, 0.6) is 0 Å². The summed E-state index contributed by atoms with van der Waals surface area (Å²) >= 11 is 0. The molecule has 0 atom stereocenters. The highest BCUT2D eigenvalue weighted by molar-refractivity contribution is 6.15. The van der Waals surface area contributed by atoms with Crippen molar-refractivity contribution in [2.45, 2.75) is 0 Å². The van der Waals surface area contributed by atoms with Crippen LogP contribution in [-0.2, 0) is 0 Å². The third-order valence-electron chi connectivity index (χ3n) is 10.6. The lowest BCUT2D eigenvalue weighted by Gasteiger charge is -2.10. The van der Waals surface area contributed by atoms with Crippen molar-refractivity contribution in [2.24, 2.45) is 0 Å². The van der Waals surface area contributed by atoms with Gasteiger partial charge in [-0.25, -0.2) is 15.0 Å². The van der Waals surface area contributed by atoms with E-state index < -0.39 is 0 Å². The minimum Gasteiger partial charge on any atom is -0.456 e. The molecule has 0 aliphatic rings. The predicted octanol–water partition coefficient (Wildman–Crippen LogP) is 13.7. The molecule has 56 heavy (non-hydrogen) atoms. The summed E-state index contributed by atoms with van der Waals surface area (Å²) in [5.41, 5.74) is 13.0. The first-order valence-electron chi connectivity index (χ1n) is 18.7. The summed E-state index contributed by atoms with van der Waals surface area (Å²) in [4.78, 5) is 15.0. The second-order valence-corrected chi connectivity index (χ2v) is 14.0. The van der Waals surface area contributed by atoms with Crippen LogP contribution in [0.2, 0.25) is 0 Å². The third-order valence-corrected chi connectivity index (χ3v) is 10.6. The number of furan rings is 2. The molecule has 0 fully saturated rings. The van der Waals surface area contributed by atoms with Crippen molar-refractivity contribution in [3.63, 3.8) is 0 Å². The van der Waals surface area contributed by atoms with Crippen molar-refractivity contribution in [2.75, 3.05) is 0 Å². The minimum absolute atomic E-state index is 0.625. The summed E-state index contributed by atoms with van der Waals surface area (Å²) in [7, 11) is 0. The van der Waals surface area contributed by atoms with Gasteiger partial charge in [0.1, 0.15) is 22.3 Å². The Hall–Kier alpha value is -7.63. The van der Waals surface area contributed by atoms with Gasteiger partial charge in [-0.2, -0.15) is 0 Å². The van der Waals surface area contributed by atoms with Gasteiger partial charge in [-0.15, -0.1) is 0 Å². The van der Waals surface area contributed by atoms with Crippen molar-refractivity contribution in [1.82, 2.24) is 15.0 Å². The Bertz CT molecular complexity index is 3220. The third kappa shape index (κ3) is 5.62. The molecule has 5 nitrogen and oxygen atoms in total. The van der Waals surface area contributed by atoms with E-state index in [2.05, 4.69) is 133 Å². The molecule has 0 amide bonds. The van der Waals surface area contributed by atoms with Crippen LogP contribution < -0.4 is 0 Å². The summed E-state index contributed by atoms with van der Waals surface area (Å²) < 4.78 is 12.5. The Labute approximate surface area is 322 Å². The molecule has 11 aromatic rings. The number of para-hydroxylation sites is 1. The summed E-state index contributed by atoms with van der Waals surface area (Å²) in [6.45, 7) is 0. The minimum atomic E-state index is 0.625. The van der Waals surface area contributed by atoms with Crippen LogP contribution in [0.15, 0.2) is 197 Å². The normalized spacial score (nSPS) is 11.6. The fourth-order valence-corrected chi connectivity index (χ4v) is 7.66. The number of nitrogens with zero attached hydrogens (tertiary/aromatic N) is 3. The number of aromatic nitrogens is 3. The SMILES string of the molecule is c1ccc(-c2ccc(-c3nc(-c4ccccc4)nc(-c4cccc(-c5ccc(-c6ccc7oc8cc9c(cc8c7c6)oc6ccccc69)cc5)c4)n3)cc2)cc1. The summed E-state index contributed by atoms with van der Waals surface area (Å²) in [5, 5.41) is 4.27. The maximum atomic E-state index is 6.32. The quantitative estimate of drug-likeness (QED) is 0.171. The maximum absolute atomic E-state index is 6.32. The molecule has 0 saturated carbocycles. The van der Waals surface area contributed by atoms with Gasteiger partial charge in [0, 0.05) is 38.2 Å². The van der Waals surface area contributed by atoms with Crippen molar-refractivity contribution in [3.05, 3.63) is 188 Å². The van der Waals surface area contributed by atoms with Crippen molar-refractivity contribution >= 4 is 43.9 Å². The molecule has 3 aromatic heterocycles.